The lowest BCUT2D eigenvalue weighted by atomic mass is 10.2. The molecule has 0 atom stereocenters. The first-order valence-electron chi connectivity index (χ1n) is 4.78. The molecule has 86 valence electrons. The van der Waals surface area contributed by atoms with E-state index in [1.54, 1.807) is 24.3 Å². The molecule has 17 heavy (non-hydrogen) atoms. The van der Waals surface area contributed by atoms with Crippen LogP contribution < -0.4 is 4.74 Å². The fourth-order valence-electron chi connectivity index (χ4n) is 1.30. The Labute approximate surface area is 102 Å². The molecule has 0 aliphatic heterocycles. The first kappa shape index (κ1) is 11.4. The number of hydrogen-bond donors (Lipinski definition) is 1. The number of benzene rings is 1. The number of ether oxygens (including phenoxy) is 1. The van der Waals surface area contributed by atoms with Crippen LogP contribution in [0.5, 0.6) is 11.5 Å². The van der Waals surface area contributed by atoms with Crippen LogP contribution in [-0.4, -0.2) is 16.1 Å². The quantitative estimate of drug-likeness (QED) is 0.907. The van der Waals surface area contributed by atoms with Crippen LogP contribution in [0, 0.1) is 0 Å². The lowest BCUT2D eigenvalue weighted by Crippen LogP contribution is -1.99. The number of halogens is 1. The van der Waals surface area contributed by atoms with Gasteiger partial charge in [0.1, 0.15) is 22.1 Å². The van der Waals surface area contributed by atoms with Crippen molar-refractivity contribution in [1.29, 1.82) is 0 Å². The van der Waals surface area contributed by atoms with Crippen LogP contribution in [0.2, 0.25) is 5.02 Å². The maximum absolute atomic E-state index is 11.0. The summed E-state index contributed by atoms with van der Waals surface area (Å²) in [5.74, 6) is -0.436. The number of carboxylic acids is 1. The molecule has 0 fully saturated rings. The second-order valence-corrected chi connectivity index (χ2v) is 3.62. The monoisotopic (exact) mass is 249 g/mol. The van der Waals surface area contributed by atoms with Crippen molar-refractivity contribution in [2.24, 2.45) is 0 Å². The van der Waals surface area contributed by atoms with E-state index in [1.165, 1.54) is 18.5 Å². The SMILES string of the molecule is O=C(O)c1ccccc1Oc1ccncc1Cl. The summed E-state index contributed by atoms with van der Waals surface area (Å²) in [5, 5.41) is 9.31. The smallest absolute Gasteiger partial charge is 0.339 e. The highest BCUT2D eigenvalue weighted by Crippen LogP contribution is 2.30. The van der Waals surface area contributed by atoms with Gasteiger partial charge < -0.3 is 9.84 Å². The van der Waals surface area contributed by atoms with Crippen molar-refractivity contribution in [3.8, 4) is 11.5 Å². The molecule has 0 bridgehead atoms. The summed E-state index contributed by atoms with van der Waals surface area (Å²) in [6, 6.07) is 7.93. The number of carbonyl (C=O) groups is 1. The minimum absolute atomic E-state index is 0.0837. The topological polar surface area (TPSA) is 59.4 Å². The Morgan fingerprint density at radius 3 is 2.71 bits per heavy atom. The summed E-state index contributed by atoms with van der Waals surface area (Å²) in [4.78, 5) is 14.8. The molecule has 2 aromatic rings. The van der Waals surface area contributed by atoms with Crippen molar-refractivity contribution in [2.75, 3.05) is 0 Å². The van der Waals surface area contributed by atoms with Crippen molar-refractivity contribution in [2.45, 2.75) is 0 Å². The molecule has 0 unspecified atom stereocenters. The van der Waals surface area contributed by atoms with E-state index in [1.807, 2.05) is 0 Å². The van der Waals surface area contributed by atoms with E-state index in [4.69, 9.17) is 21.4 Å². The van der Waals surface area contributed by atoms with Gasteiger partial charge in [0.05, 0.1) is 0 Å². The highest BCUT2D eigenvalue weighted by Gasteiger charge is 2.12. The number of carboxylic acid groups (broad SMARTS) is 1. The van der Waals surface area contributed by atoms with E-state index in [-0.39, 0.29) is 11.3 Å². The van der Waals surface area contributed by atoms with E-state index in [0.717, 1.165) is 0 Å². The second kappa shape index (κ2) is 4.84. The van der Waals surface area contributed by atoms with Crippen molar-refractivity contribution in [3.05, 3.63) is 53.3 Å². The van der Waals surface area contributed by atoms with Gasteiger partial charge in [0.2, 0.25) is 0 Å². The van der Waals surface area contributed by atoms with E-state index >= 15 is 0 Å². The van der Waals surface area contributed by atoms with Gasteiger partial charge in [-0.25, -0.2) is 4.79 Å². The molecular weight excluding hydrogens is 242 g/mol. The number of hydrogen-bond acceptors (Lipinski definition) is 3. The molecule has 0 saturated heterocycles. The molecule has 2 rings (SSSR count). The fraction of sp³-hybridized carbons (Fsp3) is 0. The number of aromatic nitrogens is 1. The third kappa shape index (κ3) is 2.54. The number of nitrogens with zero attached hydrogens (tertiary/aromatic N) is 1. The first-order chi connectivity index (χ1) is 8.18. The summed E-state index contributed by atoms with van der Waals surface area (Å²) in [6.07, 6.45) is 2.95. The average Bonchev–Trinajstić information content (AvgIpc) is 2.32. The minimum Gasteiger partial charge on any atom is -0.478 e. The first-order valence-corrected chi connectivity index (χ1v) is 5.16. The van der Waals surface area contributed by atoms with Gasteiger partial charge >= 0.3 is 5.97 Å². The summed E-state index contributed by atoms with van der Waals surface area (Å²) >= 11 is 5.87. The summed E-state index contributed by atoms with van der Waals surface area (Å²) < 4.78 is 5.45. The lowest BCUT2D eigenvalue weighted by molar-refractivity contribution is 0.0694. The van der Waals surface area contributed by atoms with Gasteiger partial charge in [0.15, 0.2) is 0 Å². The van der Waals surface area contributed by atoms with Crippen LogP contribution >= 0.6 is 11.6 Å². The van der Waals surface area contributed by atoms with Gasteiger partial charge in [0, 0.05) is 18.5 Å². The average molecular weight is 250 g/mol. The van der Waals surface area contributed by atoms with E-state index in [9.17, 15) is 4.79 Å². The zero-order valence-corrected chi connectivity index (χ0v) is 9.39. The molecule has 0 radical (unpaired) electrons. The van der Waals surface area contributed by atoms with Crippen LogP contribution in [0.25, 0.3) is 0 Å². The minimum atomic E-state index is -1.05. The Morgan fingerprint density at radius 1 is 1.24 bits per heavy atom. The van der Waals surface area contributed by atoms with Gasteiger partial charge in [-0.3, -0.25) is 4.98 Å². The number of rotatable bonds is 3. The third-order valence-corrected chi connectivity index (χ3v) is 2.36. The summed E-state index contributed by atoms with van der Waals surface area (Å²) in [7, 11) is 0. The number of pyridine rings is 1. The molecule has 0 saturated carbocycles. The van der Waals surface area contributed by atoms with Crippen LogP contribution in [0.4, 0.5) is 0 Å². The van der Waals surface area contributed by atoms with Crippen LogP contribution in [-0.2, 0) is 0 Å². The second-order valence-electron chi connectivity index (χ2n) is 3.21. The predicted molar refractivity (Wildman–Crippen MR) is 62.7 cm³/mol. The predicted octanol–water partition coefficient (Wildman–Crippen LogP) is 3.23. The largest absolute Gasteiger partial charge is 0.478 e. The Balaban J connectivity index is 2.37. The number of aromatic carboxylic acids is 1. The third-order valence-electron chi connectivity index (χ3n) is 2.07. The molecule has 0 amide bonds. The zero-order chi connectivity index (χ0) is 12.3. The Hall–Kier alpha value is -2.07. The maximum atomic E-state index is 11.0. The lowest BCUT2D eigenvalue weighted by Gasteiger charge is -2.09. The van der Waals surface area contributed by atoms with Gasteiger partial charge in [-0.05, 0) is 12.1 Å². The number of para-hydroxylation sites is 1. The fourth-order valence-corrected chi connectivity index (χ4v) is 1.45. The molecule has 0 aliphatic carbocycles. The van der Waals surface area contributed by atoms with E-state index in [0.29, 0.717) is 10.8 Å². The van der Waals surface area contributed by atoms with Crippen molar-refractivity contribution < 1.29 is 14.6 Å². The van der Waals surface area contributed by atoms with E-state index in [2.05, 4.69) is 4.98 Å². The van der Waals surface area contributed by atoms with Crippen molar-refractivity contribution in [1.82, 2.24) is 4.98 Å². The molecule has 5 heteroatoms. The van der Waals surface area contributed by atoms with Gasteiger partial charge in [-0.15, -0.1) is 0 Å². The highest BCUT2D eigenvalue weighted by molar-refractivity contribution is 6.31. The maximum Gasteiger partial charge on any atom is 0.339 e. The van der Waals surface area contributed by atoms with Gasteiger partial charge in [-0.1, -0.05) is 23.7 Å². The van der Waals surface area contributed by atoms with Crippen molar-refractivity contribution >= 4 is 17.6 Å². The molecule has 1 N–H and O–H groups in total. The molecule has 4 nitrogen and oxygen atoms in total. The molecule has 0 spiro atoms. The van der Waals surface area contributed by atoms with Crippen LogP contribution in [0.15, 0.2) is 42.7 Å². The summed E-state index contributed by atoms with van der Waals surface area (Å²) in [6.45, 7) is 0. The standard InChI is InChI=1S/C12H8ClNO3/c13-9-7-14-6-5-11(9)17-10-4-2-1-3-8(10)12(15)16/h1-7H,(H,15,16). The Bertz CT molecular complexity index is 557. The highest BCUT2D eigenvalue weighted by atomic mass is 35.5. The molecule has 1 aromatic heterocycles. The van der Waals surface area contributed by atoms with Crippen LogP contribution in [0.1, 0.15) is 10.4 Å². The van der Waals surface area contributed by atoms with E-state index < -0.39 is 5.97 Å². The zero-order valence-electron chi connectivity index (χ0n) is 8.63. The Kier molecular flexibility index (Phi) is 3.25. The van der Waals surface area contributed by atoms with Crippen molar-refractivity contribution in [3.63, 3.8) is 0 Å². The van der Waals surface area contributed by atoms with Crippen LogP contribution in [0.3, 0.4) is 0 Å². The Morgan fingerprint density at radius 2 is 2.00 bits per heavy atom. The molecule has 1 aromatic carbocycles. The molecule has 1 heterocycles. The van der Waals surface area contributed by atoms with Gasteiger partial charge in [-0.2, -0.15) is 0 Å². The normalized spacial score (nSPS) is 9.94. The van der Waals surface area contributed by atoms with Gasteiger partial charge in [0.25, 0.3) is 0 Å². The molecule has 0 aliphatic rings. The summed E-state index contributed by atoms with van der Waals surface area (Å²) in [5.41, 5.74) is 0.0837. The molecular formula is C12H8ClNO3.